The molecule has 0 saturated heterocycles. The van der Waals surface area contributed by atoms with Gasteiger partial charge in [0.1, 0.15) is 5.84 Å². The van der Waals surface area contributed by atoms with E-state index >= 15 is 0 Å². The van der Waals surface area contributed by atoms with E-state index in [-0.39, 0.29) is 37.2 Å². The largest absolute Gasteiger partial charge is 0.344 e. The lowest BCUT2D eigenvalue weighted by Crippen LogP contribution is -2.21. The minimum atomic E-state index is 0. The van der Waals surface area contributed by atoms with Gasteiger partial charge in [-0.1, -0.05) is 18.2 Å². The van der Waals surface area contributed by atoms with Crippen LogP contribution in [0.15, 0.2) is 29.3 Å². The van der Waals surface area contributed by atoms with Crippen molar-refractivity contribution in [3.8, 4) is 0 Å². The first-order chi connectivity index (χ1) is 9.90. The van der Waals surface area contributed by atoms with Gasteiger partial charge in [0.25, 0.3) is 0 Å². The van der Waals surface area contributed by atoms with Crippen LogP contribution in [0.25, 0.3) is 0 Å². The van der Waals surface area contributed by atoms with E-state index in [0.29, 0.717) is 0 Å². The summed E-state index contributed by atoms with van der Waals surface area (Å²) < 4.78 is 0. The molecule has 1 aliphatic rings. The summed E-state index contributed by atoms with van der Waals surface area (Å²) >= 11 is 0. The summed E-state index contributed by atoms with van der Waals surface area (Å²) in [4.78, 5) is 4.66. The molecule has 0 spiro atoms. The number of benzene rings is 1. The number of aryl methyl sites for hydroxylation is 1. The Bertz CT molecular complexity index is 441. The molecule has 0 atom stereocenters. The quantitative estimate of drug-likeness (QED) is 0.603. The van der Waals surface area contributed by atoms with Gasteiger partial charge in [0.05, 0.1) is 0 Å². The minimum absolute atomic E-state index is 0. The van der Waals surface area contributed by atoms with Crippen LogP contribution >= 0.6 is 37.2 Å². The van der Waals surface area contributed by atoms with Crippen LogP contribution in [0, 0.1) is 0 Å². The fourth-order valence-electron chi connectivity index (χ4n) is 2.39. The number of amidine groups is 1. The van der Waals surface area contributed by atoms with Gasteiger partial charge in [-0.05, 0) is 56.9 Å². The number of nitrogens with one attached hydrogen (secondary N) is 2. The van der Waals surface area contributed by atoms with Crippen LogP contribution in [-0.4, -0.2) is 32.0 Å². The zero-order chi connectivity index (χ0) is 14.0. The van der Waals surface area contributed by atoms with Crippen molar-refractivity contribution in [2.75, 3.05) is 31.5 Å². The van der Waals surface area contributed by atoms with Gasteiger partial charge in [0.15, 0.2) is 0 Å². The van der Waals surface area contributed by atoms with Gasteiger partial charge in [0.2, 0.25) is 0 Å². The van der Waals surface area contributed by atoms with Crippen molar-refractivity contribution in [2.24, 2.45) is 10.7 Å². The third-order valence-corrected chi connectivity index (χ3v) is 3.55. The maximum Gasteiger partial charge on any atom is 0.101 e. The van der Waals surface area contributed by atoms with Gasteiger partial charge in [-0.3, -0.25) is 4.99 Å². The molecule has 1 heterocycles. The molecule has 0 unspecified atom stereocenters. The van der Waals surface area contributed by atoms with Crippen LogP contribution in [-0.2, 0) is 6.42 Å². The van der Waals surface area contributed by atoms with Crippen LogP contribution in [0.2, 0.25) is 0 Å². The van der Waals surface area contributed by atoms with Gasteiger partial charge >= 0.3 is 0 Å². The molecule has 4 nitrogen and oxygen atoms in total. The van der Waals surface area contributed by atoms with Crippen molar-refractivity contribution in [2.45, 2.75) is 32.1 Å². The Morgan fingerprint density at radius 3 is 2.52 bits per heavy atom. The highest BCUT2D eigenvalue weighted by atomic mass is 35.5. The Hall–Kier alpha value is -0.520. The average Bonchev–Trinajstić information content (AvgIpc) is 2.50. The van der Waals surface area contributed by atoms with E-state index in [1.54, 1.807) is 0 Å². The number of hydrogen-bond acceptors (Lipinski definition) is 3. The second-order valence-corrected chi connectivity index (χ2v) is 5.21. The number of fused-ring (bicyclic) bond motifs is 1. The van der Waals surface area contributed by atoms with Crippen LogP contribution in [0.5, 0.6) is 0 Å². The van der Waals surface area contributed by atoms with Crippen molar-refractivity contribution in [1.82, 2.24) is 5.32 Å². The highest BCUT2D eigenvalue weighted by Gasteiger charge is 2.11. The van der Waals surface area contributed by atoms with Gasteiger partial charge in [-0.2, -0.15) is 0 Å². The molecule has 7 heteroatoms. The van der Waals surface area contributed by atoms with Crippen LogP contribution in [0.1, 0.15) is 31.2 Å². The molecule has 23 heavy (non-hydrogen) atoms. The second-order valence-electron chi connectivity index (χ2n) is 5.21. The summed E-state index contributed by atoms with van der Waals surface area (Å²) in [7, 11) is 0. The minimum Gasteiger partial charge on any atom is -0.344 e. The van der Waals surface area contributed by atoms with E-state index in [2.05, 4.69) is 39.9 Å². The predicted molar refractivity (Wildman–Crippen MR) is 108 cm³/mol. The van der Waals surface area contributed by atoms with Crippen LogP contribution in [0.4, 0.5) is 5.69 Å². The molecular weight excluding hydrogens is 355 g/mol. The average molecular weight is 384 g/mol. The smallest absolute Gasteiger partial charge is 0.101 e. The summed E-state index contributed by atoms with van der Waals surface area (Å²) in [6, 6.07) is 8.48. The molecule has 0 amide bonds. The molecule has 1 aromatic rings. The Morgan fingerprint density at radius 1 is 1.00 bits per heavy atom. The lowest BCUT2D eigenvalue weighted by Gasteiger charge is -2.19. The Balaban J connectivity index is 0. The van der Waals surface area contributed by atoms with E-state index in [1.807, 2.05) is 0 Å². The molecule has 4 N–H and O–H groups in total. The Labute approximate surface area is 158 Å². The topological polar surface area (TPSA) is 62.4 Å². The lowest BCUT2D eigenvalue weighted by atomic mass is 10.0. The molecule has 0 aliphatic carbocycles. The number of aliphatic imine (C=N–C) groups is 1. The number of halogens is 3. The number of anilines is 1. The van der Waals surface area contributed by atoms with Crippen molar-refractivity contribution < 1.29 is 0 Å². The molecular formula is C16H29Cl3N4. The molecule has 134 valence electrons. The first kappa shape index (κ1) is 24.7. The van der Waals surface area contributed by atoms with Crippen molar-refractivity contribution in [1.29, 1.82) is 0 Å². The molecule has 1 aliphatic heterocycles. The second kappa shape index (κ2) is 15.0. The first-order valence-electron chi connectivity index (χ1n) is 7.69. The van der Waals surface area contributed by atoms with E-state index in [4.69, 9.17) is 5.73 Å². The fourth-order valence-corrected chi connectivity index (χ4v) is 2.39. The number of hydrogen-bond donors (Lipinski definition) is 3. The molecule has 1 aromatic carbocycles. The predicted octanol–water partition coefficient (Wildman–Crippen LogP) is 3.43. The van der Waals surface area contributed by atoms with E-state index in [0.717, 1.165) is 57.7 Å². The zero-order valence-corrected chi connectivity index (χ0v) is 15.9. The number of para-hydroxylation sites is 1. The normalized spacial score (nSPS) is 13.9. The number of unbranched alkanes of at least 4 members (excludes halogenated alkanes) is 1. The Kier molecular flexibility index (Phi) is 16.2. The van der Waals surface area contributed by atoms with Crippen LogP contribution in [0.3, 0.4) is 0 Å². The molecule has 0 bridgehead atoms. The molecule has 0 saturated carbocycles. The summed E-state index contributed by atoms with van der Waals surface area (Å²) in [6.45, 7) is 3.80. The third kappa shape index (κ3) is 9.38. The van der Waals surface area contributed by atoms with Gasteiger partial charge < -0.3 is 16.4 Å². The van der Waals surface area contributed by atoms with Gasteiger partial charge in [-0.15, -0.1) is 37.2 Å². The lowest BCUT2D eigenvalue weighted by molar-refractivity contribution is 0.611. The maximum atomic E-state index is 5.46. The van der Waals surface area contributed by atoms with E-state index in [1.165, 1.54) is 17.7 Å². The standard InChI is InChI=1S/C16H26N4.3ClH/c17-10-3-4-11-18-12-5-13-19-16-9-8-14-6-1-2-7-15(14)20-16;;;/h1-2,6-7,18H,3-5,8-13,17H2,(H,19,20);3*1H. The van der Waals surface area contributed by atoms with E-state index < -0.39 is 0 Å². The highest BCUT2D eigenvalue weighted by Crippen LogP contribution is 2.21. The number of nitrogens with zero attached hydrogens (tertiary/aromatic N) is 1. The van der Waals surface area contributed by atoms with Crippen molar-refractivity contribution in [3.05, 3.63) is 29.8 Å². The number of rotatable bonds is 8. The summed E-state index contributed by atoms with van der Waals surface area (Å²) in [5, 5.41) is 6.86. The zero-order valence-electron chi connectivity index (χ0n) is 13.4. The highest BCUT2D eigenvalue weighted by molar-refractivity contribution is 5.98. The maximum absolute atomic E-state index is 5.46. The van der Waals surface area contributed by atoms with Gasteiger partial charge in [-0.25, -0.2) is 0 Å². The Morgan fingerprint density at radius 2 is 1.74 bits per heavy atom. The number of nitrogens with two attached hydrogens (primary N) is 1. The van der Waals surface area contributed by atoms with Gasteiger partial charge in [0, 0.05) is 18.7 Å². The summed E-state index contributed by atoms with van der Waals surface area (Å²) in [5.74, 6) is 1.13. The first-order valence-corrected chi connectivity index (χ1v) is 7.69. The monoisotopic (exact) mass is 382 g/mol. The SMILES string of the molecule is Cl.Cl.Cl.NCCCCNCCCN=C1CCc2ccccc2N1. The van der Waals surface area contributed by atoms with Crippen LogP contribution < -0.4 is 16.4 Å². The van der Waals surface area contributed by atoms with E-state index in [9.17, 15) is 0 Å². The molecule has 0 aromatic heterocycles. The fraction of sp³-hybridized carbons (Fsp3) is 0.562. The van der Waals surface area contributed by atoms with Crippen molar-refractivity contribution >= 4 is 48.7 Å². The van der Waals surface area contributed by atoms with Crippen molar-refractivity contribution in [3.63, 3.8) is 0 Å². The summed E-state index contributed by atoms with van der Waals surface area (Å²) in [5.41, 5.74) is 8.07. The summed E-state index contributed by atoms with van der Waals surface area (Å²) in [6.07, 6.45) is 5.50. The molecule has 2 rings (SSSR count). The molecule has 0 fully saturated rings. The molecule has 0 radical (unpaired) electrons. The third-order valence-electron chi connectivity index (χ3n) is 3.55.